The van der Waals surface area contributed by atoms with Crippen LogP contribution in [0.15, 0.2) is 11.6 Å². The maximum atomic E-state index is 12.4. The molecule has 3 saturated carbocycles. The van der Waals surface area contributed by atoms with Crippen molar-refractivity contribution < 1.29 is 14.7 Å². The fraction of sp³-hybridized carbons (Fsp3) is 0.789. The van der Waals surface area contributed by atoms with E-state index in [1.54, 1.807) is 0 Å². The van der Waals surface area contributed by atoms with E-state index in [1.807, 2.05) is 6.08 Å². The number of aliphatic hydroxyl groups excluding tert-OH is 1. The van der Waals surface area contributed by atoms with Crippen LogP contribution in [-0.2, 0) is 9.59 Å². The topological polar surface area (TPSA) is 54.4 Å². The highest BCUT2D eigenvalue weighted by molar-refractivity contribution is 5.91. The van der Waals surface area contributed by atoms with Crippen molar-refractivity contribution in [3.05, 3.63) is 11.6 Å². The second-order valence-electron chi connectivity index (χ2n) is 8.54. The van der Waals surface area contributed by atoms with Gasteiger partial charge in [-0.1, -0.05) is 19.4 Å². The Balaban J connectivity index is 1.73. The van der Waals surface area contributed by atoms with Crippen molar-refractivity contribution in [1.82, 2.24) is 0 Å². The highest BCUT2D eigenvalue weighted by Crippen LogP contribution is 2.64. The summed E-state index contributed by atoms with van der Waals surface area (Å²) in [5.41, 5.74) is 1.15. The summed E-state index contributed by atoms with van der Waals surface area (Å²) in [5.74, 6) is 1.65. The first-order valence-electron chi connectivity index (χ1n) is 8.81. The molecule has 0 saturated heterocycles. The van der Waals surface area contributed by atoms with Gasteiger partial charge in [-0.25, -0.2) is 0 Å². The van der Waals surface area contributed by atoms with E-state index in [4.69, 9.17) is 0 Å². The van der Waals surface area contributed by atoms with Crippen LogP contribution in [0.4, 0.5) is 0 Å². The largest absolute Gasteiger partial charge is 0.392 e. The second kappa shape index (κ2) is 4.53. The molecule has 0 amide bonds. The van der Waals surface area contributed by atoms with E-state index >= 15 is 0 Å². The fourth-order valence-electron chi connectivity index (χ4n) is 6.39. The monoisotopic (exact) mass is 302 g/mol. The van der Waals surface area contributed by atoms with Gasteiger partial charge in [0.15, 0.2) is 5.78 Å². The number of hydrogen-bond donors (Lipinski definition) is 1. The smallest absolute Gasteiger partial charge is 0.155 e. The molecule has 0 spiro atoms. The minimum atomic E-state index is -0.454. The van der Waals surface area contributed by atoms with Crippen molar-refractivity contribution in [3.8, 4) is 0 Å². The van der Waals surface area contributed by atoms with Crippen LogP contribution in [0, 0.1) is 28.6 Å². The lowest BCUT2D eigenvalue weighted by Gasteiger charge is -2.57. The standard InChI is InChI=1S/C19H26O3/c1-18-7-5-12(20)9-11(18)3-4-13-14(18)6-8-19(2)16(22)10-15(21)17(13)19/h9,13-15,17,21H,3-8,10H2,1-2H3/t13?,14?,15?,17?,18-,19+/m0/s1. The Bertz CT molecular complexity index is 577. The Hall–Kier alpha value is -0.960. The summed E-state index contributed by atoms with van der Waals surface area (Å²) >= 11 is 0. The van der Waals surface area contributed by atoms with E-state index in [-0.39, 0.29) is 28.3 Å². The van der Waals surface area contributed by atoms with Gasteiger partial charge in [-0.15, -0.1) is 0 Å². The molecular formula is C19H26O3. The van der Waals surface area contributed by atoms with Crippen molar-refractivity contribution >= 4 is 11.6 Å². The predicted octanol–water partition coefficient (Wildman–Crippen LogP) is 3.06. The number of ketones is 2. The van der Waals surface area contributed by atoms with Crippen molar-refractivity contribution in [2.24, 2.45) is 28.6 Å². The van der Waals surface area contributed by atoms with E-state index in [0.717, 1.165) is 32.1 Å². The number of rotatable bonds is 0. The summed E-state index contributed by atoms with van der Waals surface area (Å²) in [6, 6.07) is 0. The molecule has 4 rings (SSSR count). The lowest BCUT2D eigenvalue weighted by Crippen LogP contribution is -2.52. The summed E-state index contributed by atoms with van der Waals surface area (Å²) in [5, 5.41) is 10.5. The fourth-order valence-corrected chi connectivity index (χ4v) is 6.39. The molecule has 0 heterocycles. The zero-order valence-corrected chi connectivity index (χ0v) is 13.6. The molecule has 0 aromatic rings. The molecule has 0 aromatic heterocycles. The van der Waals surface area contributed by atoms with E-state index in [1.165, 1.54) is 5.57 Å². The molecule has 1 N–H and O–H groups in total. The van der Waals surface area contributed by atoms with Crippen molar-refractivity contribution in [3.63, 3.8) is 0 Å². The van der Waals surface area contributed by atoms with Crippen LogP contribution >= 0.6 is 0 Å². The van der Waals surface area contributed by atoms with Crippen LogP contribution in [0.1, 0.15) is 58.8 Å². The third-order valence-corrected chi connectivity index (χ3v) is 7.66. The van der Waals surface area contributed by atoms with Crippen LogP contribution in [0.3, 0.4) is 0 Å². The number of aliphatic hydroxyl groups is 1. The molecular weight excluding hydrogens is 276 g/mol. The molecule has 4 aliphatic carbocycles. The van der Waals surface area contributed by atoms with E-state index < -0.39 is 6.10 Å². The molecule has 0 radical (unpaired) electrons. The average molecular weight is 302 g/mol. The maximum Gasteiger partial charge on any atom is 0.155 e. The minimum Gasteiger partial charge on any atom is -0.392 e. The minimum absolute atomic E-state index is 0.115. The van der Waals surface area contributed by atoms with Crippen molar-refractivity contribution in [1.29, 1.82) is 0 Å². The summed E-state index contributed by atoms with van der Waals surface area (Å²) in [7, 11) is 0. The van der Waals surface area contributed by atoms with Gasteiger partial charge in [0, 0.05) is 24.2 Å². The lowest BCUT2D eigenvalue weighted by atomic mass is 9.47. The highest BCUT2D eigenvalue weighted by Gasteiger charge is 2.61. The van der Waals surface area contributed by atoms with Crippen LogP contribution in [0.5, 0.6) is 0 Å². The Morgan fingerprint density at radius 1 is 1.09 bits per heavy atom. The summed E-state index contributed by atoms with van der Waals surface area (Å²) in [6.07, 6.45) is 7.39. The molecule has 4 aliphatic rings. The van der Waals surface area contributed by atoms with Gasteiger partial charge in [-0.2, -0.15) is 0 Å². The number of hydrogen-bond acceptors (Lipinski definition) is 3. The van der Waals surface area contributed by atoms with E-state index in [2.05, 4.69) is 13.8 Å². The van der Waals surface area contributed by atoms with Gasteiger partial charge in [-0.05, 0) is 55.4 Å². The first-order valence-corrected chi connectivity index (χ1v) is 8.81. The number of allylic oxidation sites excluding steroid dienone is 1. The first-order chi connectivity index (χ1) is 10.4. The van der Waals surface area contributed by atoms with Gasteiger partial charge in [0.2, 0.25) is 0 Å². The lowest BCUT2D eigenvalue weighted by molar-refractivity contribution is -0.133. The molecule has 4 unspecified atom stereocenters. The van der Waals surface area contributed by atoms with Crippen molar-refractivity contribution in [2.75, 3.05) is 0 Å². The van der Waals surface area contributed by atoms with Gasteiger partial charge in [0.05, 0.1) is 6.10 Å². The van der Waals surface area contributed by atoms with E-state index in [0.29, 0.717) is 24.7 Å². The maximum absolute atomic E-state index is 12.4. The Morgan fingerprint density at radius 2 is 1.86 bits per heavy atom. The molecule has 120 valence electrons. The van der Waals surface area contributed by atoms with Crippen LogP contribution < -0.4 is 0 Å². The van der Waals surface area contributed by atoms with Crippen molar-refractivity contribution in [2.45, 2.75) is 64.9 Å². The number of carbonyl (C=O) groups is 2. The molecule has 0 bridgehead atoms. The molecule has 0 aliphatic heterocycles. The molecule has 22 heavy (non-hydrogen) atoms. The molecule has 3 fully saturated rings. The molecule has 3 nitrogen and oxygen atoms in total. The second-order valence-corrected chi connectivity index (χ2v) is 8.54. The Labute approximate surface area is 132 Å². The third kappa shape index (κ3) is 1.72. The molecule has 3 heteroatoms. The summed E-state index contributed by atoms with van der Waals surface area (Å²) in [4.78, 5) is 24.2. The number of carbonyl (C=O) groups excluding carboxylic acids is 2. The van der Waals surface area contributed by atoms with E-state index in [9.17, 15) is 14.7 Å². The van der Waals surface area contributed by atoms with Crippen LogP contribution in [-0.4, -0.2) is 22.8 Å². The van der Waals surface area contributed by atoms with Crippen LogP contribution in [0.25, 0.3) is 0 Å². The Morgan fingerprint density at radius 3 is 2.64 bits per heavy atom. The third-order valence-electron chi connectivity index (χ3n) is 7.66. The summed E-state index contributed by atoms with van der Waals surface area (Å²) in [6.45, 7) is 4.42. The predicted molar refractivity (Wildman–Crippen MR) is 83.1 cm³/mol. The molecule has 0 aromatic carbocycles. The number of fused-ring (bicyclic) bond motifs is 5. The SMILES string of the molecule is C[C@]12CCC(=O)C=C1CCC1C2CC[C@]2(C)C(=O)CC(O)C12. The first kappa shape index (κ1) is 14.6. The van der Waals surface area contributed by atoms with Gasteiger partial charge in [0.1, 0.15) is 5.78 Å². The molecule has 6 atom stereocenters. The van der Waals surface area contributed by atoms with Gasteiger partial charge < -0.3 is 5.11 Å². The van der Waals surface area contributed by atoms with Crippen LogP contribution in [0.2, 0.25) is 0 Å². The zero-order chi connectivity index (χ0) is 15.7. The highest BCUT2D eigenvalue weighted by atomic mass is 16.3. The van der Waals surface area contributed by atoms with Gasteiger partial charge >= 0.3 is 0 Å². The number of Topliss-reactive ketones (excluding diaryl/α,β-unsaturated/α-hetero) is 1. The van der Waals surface area contributed by atoms with Gasteiger partial charge in [0.25, 0.3) is 0 Å². The quantitative estimate of drug-likeness (QED) is 0.748. The zero-order valence-electron chi connectivity index (χ0n) is 13.6. The average Bonchev–Trinajstić information content (AvgIpc) is 2.70. The van der Waals surface area contributed by atoms with Gasteiger partial charge in [-0.3, -0.25) is 9.59 Å². The normalized spacial score (nSPS) is 51.0. The Kier molecular flexibility index (Phi) is 3.01. The summed E-state index contributed by atoms with van der Waals surface area (Å²) < 4.78 is 0.